The summed E-state index contributed by atoms with van der Waals surface area (Å²) >= 11 is 2.19. The number of hydrogen-bond donors (Lipinski definition) is 2. The van der Waals surface area contributed by atoms with Gasteiger partial charge in [-0.3, -0.25) is 4.98 Å². The molecule has 1 aromatic rings. The molecule has 16 heavy (non-hydrogen) atoms. The Labute approximate surface area is 96.4 Å². The van der Waals surface area contributed by atoms with E-state index in [1.54, 1.807) is 0 Å². The molecule has 1 aromatic heterocycles. The van der Waals surface area contributed by atoms with Crippen molar-refractivity contribution >= 4 is 26.5 Å². The van der Waals surface area contributed by atoms with Crippen LogP contribution in [0.2, 0.25) is 0 Å². The highest BCUT2D eigenvalue weighted by atomic mass is 79.9. The fraction of sp³-hybridized carbons (Fsp3) is 0.250. The summed E-state index contributed by atoms with van der Waals surface area (Å²) in [4.78, 5) is 11.5. The zero-order chi connectivity index (χ0) is 12.5. The Morgan fingerprint density at radius 2 is 1.94 bits per heavy atom. The number of carboxylic acid groups (broad SMARTS) is 1. The topological polar surface area (TPSA) is 76.2 Å². The third-order valence-corrected chi connectivity index (χ3v) is 1.85. The third-order valence-electron chi connectivity index (χ3n) is 1.85. The highest BCUT2D eigenvalue weighted by Gasteiger charge is 2.37. The summed E-state index contributed by atoms with van der Waals surface area (Å²) in [7, 11) is 0. The Morgan fingerprint density at radius 3 is 2.19 bits per heavy atom. The van der Waals surface area contributed by atoms with Gasteiger partial charge < -0.3 is 10.8 Å². The lowest BCUT2D eigenvalue weighted by atomic mass is 9.98. The molecule has 0 atom stereocenters. The summed E-state index contributed by atoms with van der Waals surface area (Å²) in [5, 5.41) is 7.33. The summed E-state index contributed by atoms with van der Waals surface area (Å²) in [5.41, 5.74) is 5.41. The number of aromatic nitrogens is 1. The van der Waals surface area contributed by atoms with Crippen LogP contribution in [0.25, 0.3) is 0 Å². The summed E-state index contributed by atoms with van der Waals surface area (Å²) < 4.78 is 36.5. The molecule has 88 valence electrons. The Hall–Kier alpha value is -1.31. The van der Waals surface area contributed by atoms with Crippen LogP contribution in [0, 0.1) is 0 Å². The average molecular weight is 299 g/mol. The minimum Gasteiger partial charge on any atom is -0.473 e. The van der Waals surface area contributed by atoms with Crippen molar-refractivity contribution < 1.29 is 23.1 Å². The zero-order valence-electron chi connectivity index (χ0n) is 7.68. The number of alkyl halides is 3. The first-order chi connectivity index (χ1) is 7.21. The molecule has 4 nitrogen and oxygen atoms in total. The maximum Gasteiger partial charge on any atom is 0.418 e. The van der Waals surface area contributed by atoms with Crippen LogP contribution < -0.4 is 5.73 Å². The minimum atomic E-state index is -4.32. The number of halogens is 4. The summed E-state index contributed by atoms with van der Waals surface area (Å²) in [6, 6.07) is 0.946. The SMILES string of the molecule is Nc1cc(C(F)(F)F)c2nc1C2.O=C(O)Br. The molecular formula is C8H6BrF3N2O2. The van der Waals surface area contributed by atoms with Crippen molar-refractivity contribution in [1.29, 1.82) is 0 Å². The normalized spacial score (nSPS) is 12.2. The van der Waals surface area contributed by atoms with Crippen LogP contribution in [0.15, 0.2) is 6.07 Å². The molecule has 8 heteroatoms. The third kappa shape index (κ3) is 2.84. The zero-order valence-corrected chi connectivity index (χ0v) is 9.26. The van der Waals surface area contributed by atoms with Gasteiger partial charge in [0.2, 0.25) is 0 Å². The van der Waals surface area contributed by atoms with Crippen molar-refractivity contribution in [3.8, 4) is 0 Å². The lowest BCUT2D eigenvalue weighted by Gasteiger charge is -2.21. The van der Waals surface area contributed by atoms with Crippen molar-refractivity contribution in [1.82, 2.24) is 4.98 Å². The molecule has 0 fully saturated rings. The number of nitrogen functional groups attached to an aromatic ring is 1. The maximum absolute atomic E-state index is 12.2. The van der Waals surface area contributed by atoms with Crippen LogP contribution in [0.4, 0.5) is 23.7 Å². The number of anilines is 1. The summed E-state index contributed by atoms with van der Waals surface area (Å²) in [6.45, 7) is 0. The van der Waals surface area contributed by atoms with Gasteiger partial charge in [0.15, 0.2) is 0 Å². The van der Waals surface area contributed by atoms with Crippen LogP contribution in [-0.2, 0) is 12.6 Å². The fourth-order valence-corrected chi connectivity index (χ4v) is 1.20. The molecule has 0 aromatic carbocycles. The molecule has 2 heterocycles. The molecule has 0 saturated heterocycles. The van der Waals surface area contributed by atoms with Gasteiger partial charge in [0.05, 0.1) is 22.6 Å². The highest BCUT2D eigenvalue weighted by Crippen LogP contribution is 2.38. The fourth-order valence-electron chi connectivity index (χ4n) is 1.20. The monoisotopic (exact) mass is 298 g/mol. The van der Waals surface area contributed by atoms with Gasteiger partial charge in [0, 0.05) is 22.4 Å². The second-order valence-corrected chi connectivity index (χ2v) is 3.62. The first-order valence-corrected chi connectivity index (χ1v) is 4.75. The molecule has 0 amide bonds. The van der Waals surface area contributed by atoms with Gasteiger partial charge >= 0.3 is 11.1 Å². The van der Waals surface area contributed by atoms with Crippen molar-refractivity contribution in [2.75, 3.05) is 5.73 Å². The molecule has 0 spiro atoms. The van der Waals surface area contributed by atoms with Crippen LogP contribution in [0.1, 0.15) is 17.0 Å². The summed E-state index contributed by atoms with van der Waals surface area (Å²) in [5.74, 6) is 0. The Balaban J connectivity index is 0.000000280. The van der Waals surface area contributed by atoms with Gasteiger partial charge in [-0.05, 0) is 6.07 Å². The Morgan fingerprint density at radius 1 is 1.50 bits per heavy atom. The van der Waals surface area contributed by atoms with Gasteiger partial charge in [-0.15, -0.1) is 0 Å². The lowest BCUT2D eigenvalue weighted by Crippen LogP contribution is -2.20. The van der Waals surface area contributed by atoms with Gasteiger partial charge in [-0.2, -0.15) is 13.2 Å². The number of nitrogens with zero attached hydrogens (tertiary/aromatic N) is 1. The Bertz CT molecular complexity index is 430. The van der Waals surface area contributed by atoms with E-state index in [-0.39, 0.29) is 17.8 Å². The second-order valence-electron chi connectivity index (χ2n) is 2.95. The maximum atomic E-state index is 12.2. The Kier molecular flexibility index (Phi) is 3.41. The van der Waals surface area contributed by atoms with E-state index < -0.39 is 16.6 Å². The number of hydrogen-bond acceptors (Lipinski definition) is 3. The van der Waals surface area contributed by atoms with E-state index in [9.17, 15) is 13.2 Å². The predicted molar refractivity (Wildman–Crippen MR) is 53.4 cm³/mol. The van der Waals surface area contributed by atoms with E-state index in [1.807, 2.05) is 0 Å². The van der Waals surface area contributed by atoms with E-state index in [0.29, 0.717) is 5.69 Å². The largest absolute Gasteiger partial charge is 0.473 e. The molecular weight excluding hydrogens is 293 g/mol. The van der Waals surface area contributed by atoms with E-state index in [1.165, 1.54) is 0 Å². The summed E-state index contributed by atoms with van der Waals surface area (Å²) in [6.07, 6.45) is -4.06. The van der Waals surface area contributed by atoms with E-state index in [2.05, 4.69) is 20.9 Å². The van der Waals surface area contributed by atoms with Crippen LogP contribution in [-0.4, -0.2) is 15.0 Å². The van der Waals surface area contributed by atoms with Gasteiger partial charge in [0.1, 0.15) is 0 Å². The molecule has 0 unspecified atom stereocenters. The number of nitrogens with two attached hydrogens (primary N) is 1. The van der Waals surface area contributed by atoms with Gasteiger partial charge in [-0.1, -0.05) is 0 Å². The first-order valence-electron chi connectivity index (χ1n) is 3.95. The highest BCUT2D eigenvalue weighted by molar-refractivity contribution is 9.18. The number of pyridine rings is 1. The van der Waals surface area contributed by atoms with E-state index in [4.69, 9.17) is 15.6 Å². The molecule has 2 aliphatic rings. The number of fused-ring (bicyclic) bond motifs is 2. The molecule has 2 bridgehead atoms. The van der Waals surface area contributed by atoms with Crippen molar-refractivity contribution in [3.05, 3.63) is 23.0 Å². The average Bonchev–Trinajstić information content (AvgIpc) is 1.97. The van der Waals surface area contributed by atoms with Crippen molar-refractivity contribution in [2.24, 2.45) is 0 Å². The molecule has 1 aliphatic carbocycles. The molecule has 3 rings (SSSR count). The van der Waals surface area contributed by atoms with E-state index in [0.717, 1.165) is 6.07 Å². The van der Waals surface area contributed by atoms with E-state index >= 15 is 0 Å². The molecule has 1 aliphatic heterocycles. The lowest BCUT2D eigenvalue weighted by molar-refractivity contribution is -0.138. The predicted octanol–water partition coefficient (Wildman–Crippen LogP) is 2.65. The van der Waals surface area contributed by atoms with Gasteiger partial charge in [0.25, 0.3) is 0 Å². The van der Waals surface area contributed by atoms with Crippen LogP contribution >= 0.6 is 15.9 Å². The quantitative estimate of drug-likeness (QED) is 0.733. The number of rotatable bonds is 0. The smallest absolute Gasteiger partial charge is 0.418 e. The van der Waals surface area contributed by atoms with Crippen molar-refractivity contribution in [3.63, 3.8) is 0 Å². The molecule has 0 radical (unpaired) electrons. The van der Waals surface area contributed by atoms with Crippen molar-refractivity contribution in [2.45, 2.75) is 12.6 Å². The molecule has 3 N–H and O–H groups in total. The first kappa shape index (κ1) is 12.8. The van der Waals surface area contributed by atoms with Gasteiger partial charge in [-0.25, -0.2) is 4.79 Å². The molecule has 0 saturated carbocycles. The van der Waals surface area contributed by atoms with Crippen LogP contribution in [0.3, 0.4) is 0 Å². The standard InChI is InChI=1S/C7H5F3N2.CHBrO2/c8-7(9,10)3-1-4(11)6-2-5(3)12-6;2-1(3)4/h1H,2,11H2;(H,3,4). The minimum absolute atomic E-state index is 0.103. The second kappa shape index (κ2) is 4.28. The van der Waals surface area contributed by atoms with Crippen LogP contribution in [0.5, 0.6) is 0 Å². The number of carbonyl (C=O) groups is 1.